The Balaban J connectivity index is 0.00000264. The van der Waals surface area contributed by atoms with E-state index in [4.69, 9.17) is 15.2 Å². The number of rotatable bonds is 7. The third-order valence-corrected chi connectivity index (χ3v) is 3.12. The first-order chi connectivity index (χ1) is 10.7. The van der Waals surface area contributed by atoms with Crippen LogP contribution in [0.2, 0.25) is 0 Å². The van der Waals surface area contributed by atoms with E-state index in [1.807, 2.05) is 29.0 Å². The summed E-state index contributed by atoms with van der Waals surface area (Å²) in [6, 6.07) is 5.68. The zero-order valence-electron chi connectivity index (χ0n) is 13.2. The van der Waals surface area contributed by atoms with Crippen molar-refractivity contribution in [3.8, 4) is 11.5 Å². The molecule has 0 atom stereocenters. The monoisotopic (exact) mass is 431 g/mol. The summed E-state index contributed by atoms with van der Waals surface area (Å²) in [6.45, 7) is 1.95. The lowest BCUT2D eigenvalue weighted by molar-refractivity contribution is 0.354. The number of nitrogens with zero attached hydrogens (tertiary/aromatic N) is 3. The number of hydrogen-bond donors (Lipinski definition) is 2. The second-order valence-electron chi connectivity index (χ2n) is 4.62. The van der Waals surface area contributed by atoms with Gasteiger partial charge in [-0.15, -0.1) is 24.0 Å². The van der Waals surface area contributed by atoms with Crippen LogP contribution >= 0.6 is 24.0 Å². The van der Waals surface area contributed by atoms with Crippen LogP contribution in [0.4, 0.5) is 0 Å². The van der Waals surface area contributed by atoms with Crippen LogP contribution in [0, 0.1) is 0 Å². The zero-order valence-corrected chi connectivity index (χ0v) is 15.6. The molecule has 0 unspecified atom stereocenters. The average molecular weight is 431 g/mol. The highest BCUT2D eigenvalue weighted by Crippen LogP contribution is 2.27. The molecule has 1 aromatic carbocycles. The molecule has 126 valence electrons. The molecule has 0 aliphatic heterocycles. The minimum Gasteiger partial charge on any atom is -0.493 e. The van der Waals surface area contributed by atoms with E-state index < -0.39 is 0 Å². The maximum absolute atomic E-state index is 5.85. The van der Waals surface area contributed by atoms with Crippen molar-refractivity contribution >= 4 is 29.9 Å². The third-order valence-electron chi connectivity index (χ3n) is 3.12. The number of ether oxygens (including phenoxy) is 2. The summed E-state index contributed by atoms with van der Waals surface area (Å²) in [5.41, 5.74) is 6.84. The Kier molecular flexibility index (Phi) is 8.23. The fourth-order valence-electron chi connectivity index (χ4n) is 1.94. The van der Waals surface area contributed by atoms with Gasteiger partial charge in [0.2, 0.25) is 0 Å². The molecule has 1 heterocycles. The molecule has 0 amide bonds. The van der Waals surface area contributed by atoms with Crippen LogP contribution in [0.3, 0.4) is 0 Å². The summed E-state index contributed by atoms with van der Waals surface area (Å²) in [5, 5.41) is 3.07. The van der Waals surface area contributed by atoms with E-state index in [-0.39, 0.29) is 24.0 Å². The maximum Gasteiger partial charge on any atom is 0.188 e. The number of aliphatic imine (C=N–C) groups is 1. The number of aromatic nitrogens is 2. The van der Waals surface area contributed by atoms with Crippen molar-refractivity contribution in [2.24, 2.45) is 10.7 Å². The van der Waals surface area contributed by atoms with Crippen LogP contribution < -0.4 is 20.5 Å². The standard InChI is InChI=1S/C15H21N5O2.HI/c1-21-13-4-3-12(9-14(13)22-2)10-19-15(16)18-6-8-20-7-5-17-11-20;/h3-5,7,9,11H,6,8,10H2,1-2H3,(H3,16,18,19);1H. The number of hydrogen-bond acceptors (Lipinski definition) is 4. The van der Waals surface area contributed by atoms with Gasteiger partial charge in [0.15, 0.2) is 17.5 Å². The van der Waals surface area contributed by atoms with Crippen LogP contribution in [-0.4, -0.2) is 36.3 Å². The van der Waals surface area contributed by atoms with Gasteiger partial charge >= 0.3 is 0 Å². The summed E-state index contributed by atoms with van der Waals surface area (Å²) in [5.74, 6) is 1.79. The normalized spacial score (nSPS) is 10.8. The first-order valence-corrected chi connectivity index (χ1v) is 6.93. The third kappa shape index (κ3) is 5.97. The molecule has 0 saturated carbocycles. The second kappa shape index (κ2) is 9.93. The van der Waals surface area contributed by atoms with E-state index in [0.29, 0.717) is 30.5 Å². The van der Waals surface area contributed by atoms with Gasteiger partial charge in [0.05, 0.1) is 27.1 Å². The van der Waals surface area contributed by atoms with Gasteiger partial charge in [-0.2, -0.15) is 0 Å². The molecular formula is C15H22IN5O2. The second-order valence-corrected chi connectivity index (χ2v) is 4.62. The van der Waals surface area contributed by atoms with Crippen molar-refractivity contribution in [3.63, 3.8) is 0 Å². The fraction of sp³-hybridized carbons (Fsp3) is 0.333. The first kappa shape index (κ1) is 19.1. The van der Waals surface area contributed by atoms with Crippen LogP contribution in [0.25, 0.3) is 0 Å². The minimum atomic E-state index is 0. The molecule has 1 aromatic heterocycles. The SMILES string of the molecule is COc1ccc(CN=C(N)NCCn2ccnc2)cc1OC.I. The summed E-state index contributed by atoms with van der Waals surface area (Å²) < 4.78 is 12.4. The average Bonchev–Trinajstić information content (AvgIpc) is 3.06. The Morgan fingerprint density at radius 3 is 2.74 bits per heavy atom. The molecular weight excluding hydrogens is 409 g/mol. The molecule has 0 bridgehead atoms. The highest BCUT2D eigenvalue weighted by molar-refractivity contribution is 14.0. The molecule has 2 rings (SSSR count). The number of nitrogens with one attached hydrogen (secondary N) is 1. The molecule has 0 aliphatic rings. The van der Waals surface area contributed by atoms with E-state index >= 15 is 0 Å². The van der Waals surface area contributed by atoms with E-state index in [1.165, 1.54) is 0 Å². The van der Waals surface area contributed by atoms with Crippen LogP contribution in [0.1, 0.15) is 5.56 Å². The van der Waals surface area contributed by atoms with Gasteiger partial charge in [-0.25, -0.2) is 9.98 Å². The van der Waals surface area contributed by atoms with Crippen molar-refractivity contribution in [2.75, 3.05) is 20.8 Å². The van der Waals surface area contributed by atoms with Crippen molar-refractivity contribution in [1.82, 2.24) is 14.9 Å². The zero-order chi connectivity index (χ0) is 15.8. The first-order valence-electron chi connectivity index (χ1n) is 6.93. The quantitative estimate of drug-likeness (QED) is 0.396. The van der Waals surface area contributed by atoms with Gasteiger partial charge < -0.3 is 25.1 Å². The number of nitrogens with two attached hydrogens (primary N) is 1. The number of methoxy groups -OCH3 is 2. The van der Waals surface area contributed by atoms with Crippen molar-refractivity contribution < 1.29 is 9.47 Å². The lowest BCUT2D eigenvalue weighted by Crippen LogP contribution is -2.34. The predicted octanol–water partition coefficient (Wildman–Crippen LogP) is 1.62. The molecule has 0 radical (unpaired) electrons. The molecule has 0 fully saturated rings. The molecule has 0 spiro atoms. The fourth-order valence-corrected chi connectivity index (χ4v) is 1.94. The number of halogens is 1. The summed E-state index contributed by atoms with van der Waals surface area (Å²) in [6.07, 6.45) is 5.41. The van der Waals surface area contributed by atoms with Gasteiger partial charge in [-0.1, -0.05) is 6.07 Å². The minimum absolute atomic E-state index is 0. The smallest absolute Gasteiger partial charge is 0.188 e. The Hall–Kier alpha value is -1.97. The van der Waals surface area contributed by atoms with E-state index in [2.05, 4.69) is 15.3 Å². The van der Waals surface area contributed by atoms with Crippen LogP contribution in [0.15, 0.2) is 41.9 Å². The largest absolute Gasteiger partial charge is 0.493 e. The Labute approximate surface area is 152 Å². The lowest BCUT2D eigenvalue weighted by atomic mass is 10.2. The summed E-state index contributed by atoms with van der Waals surface area (Å²) in [7, 11) is 3.22. The molecule has 7 nitrogen and oxygen atoms in total. The van der Waals surface area contributed by atoms with Gasteiger partial charge in [0.1, 0.15) is 0 Å². The van der Waals surface area contributed by atoms with Gasteiger partial charge in [0.25, 0.3) is 0 Å². The highest BCUT2D eigenvalue weighted by atomic mass is 127. The van der Waals surface area contributed by atoms with Gasteiger partial charge in [-0.3, -0.25) is 0 Å². The van der Waals surface area contributed by atoms with Crippen molar-refractivity contribution in [3.05, 3.63) is 42.5 Å². The van der Waals surface area contributed by atoms with Gasteiger partial charge in [-0.05, 0) is 17.7 Å². The summed E-state index contributed by atoms with van der Waals surface area (Å²) >= 11 is 0. The van der Waals surface area contributed by atoms with Gasteiger partial charge in [0, 0.05) is 25.5 Å². The molecule has 0 saturated heterocycles. The highest BCUT2D eigenvalue weighted by Gasteiger charge is 2.04. The predicted molar refractivity (Wildman–Crippen MR) is 101 cm³/mol. The van der Waals surface area contributed by atoms with Crippen molar-refractivity contribution in [1.29, 1.82) is 0 Å². The summed E-state index contributed by atoms with van der Waals surface area (Å²) in [4.78, 5) is 8.28. The molecule has 2 aromatic rings. The van der Waals surface area contributed by atoms with Crippen LogP contribution in [-0.2, 0) is 13.1 Å². The number of imidazole rings is 1. The maximum atomic E-state index is 5.85. The molecule has 0 aliphatic carbocycles. The van der Waals surface area contributed by atoms with E-state index in [9.17, 15) is 0 Å². The molecule has 23 heavy (non-hydrogen) atoms. The topological polar surface area (TPSA) is 86.7 Å². The van der Waals surface area contributed by atoms with Crippen LogP contribution in [0.5, 0.6) is 11.5 Å². The molecule has 3 N–H and O–H groups in total. The van der Waals surface area contributed by atoms with E-state index in [0.717, 1.165) is 12.1 Å². The Morgan fingerprint density at radius 1 is 1.30 bits per heavy atom. The lowest BCUT2D eigenvalue weighted by Gasteiger charge is -2.09. The van der Waals surface area contributed by atoms with E-state index in [1.54, 1.807) is 26.7 Å². The Bertz CT molecular complexity index is 616. The number of guanidine groups is 1. The Morgan fingerprint density at radius 2 is 2.09 bits per heavy atom. The molecule has 8 heteroatoms. The number of benzene rings is 1. The van der Waals surface area contributed by atoms with Crippen molar-refractivity contribution in [2.45, 2.75) is 13.1 Å².